The van der Waals surface area contributed by atoms with Crippen LogP contribution in [0.2, 0.25) is 10.0 Å². The Balaban J connectivity index is 3.25. The summed E-state index contributed by atoms with van der Waals surface area (Å²) in [6.07, 6.45) is 0. The molecule has 0 aliphatic carbocycles. The minimum atomic E-state index is -0.151. The van der Waals surface area contributed by atoms with Gasteiger partial charge in [0.05, 0.1) is 5.16 Å². The Morgan fingerprint density at radius 3 is 2.62 bits per heavy atom. The van der Waals surface area contributed by atoms with Crippen LogP contribution in [0.15, 0.2) is 23.4 Å². The minimum absolute atomic E-state index is 0.151. The summed E-state index contributed by atoms with van der Waals surface area (Å²) in [4.78, 5) is 2.99. The molecule has 5 heteroatoms. The molecule has 0 bridgehead atoms. The SMILES string of the molecule is [C-]#[N+]/C(=N\O)c1ccc(Cl)cc1Cl. The second-order valence-electron chi connectivity index (χ2n) is 2.16. The monoisotopic (exact) mass is 214 g/mol. The highest BCUT2D eigenvalue weighted by molar-refractivity contribution is 6.37. The Bertz CT molecular complexity index is 396. The van der Waals surface area contributed by atoms with Crippen LogP contribution >= 0.6 is 23.2 Å². The summed E-state index contributed by atoms with van der Waals surface area (Å²) in [6.45, 7) is 6.69. The Kier molecular flexibility index (Phi) is 3.13. The maximum atomic E-state index is 8.46. The fourth-order valence-corrected chi connectivity index (χ4v) is 1.30. The van der Waals surface area contributed by atoms with E-state index in [2.05, 4.69) is 10.0 Å². The van der Waals surface area contributed by atoms with Crippen molar-refractivity contribution in [3.8, 4) is 0 Å². The Morgan fingerprint density at radius 1 is 1.46 bits per heavy atom. The summed E-state index contributed by atoms with van der Waals surface area (Å²) >= 11 is 11.4. The fourth-order valence-electron chi connectivity index (χ4n) is 0.807. The topological polar surface area (TPSA) is 37.0 Å². The summed E-state index contributed by atoms with van der Waals surface area (Å²) in [7, 11) is 0. The van der Waals surface area contributed by atoms with Gasteiger partial charge in [0.2, 0.25) is 0 Å². The van der Waals surface area contributed by atoms with Gasteiger partial charge < -0.3 is 10.1 Å². The Hall–Kier alpha value is -1.24. The number of halogens is 2. The molecule has 0 fully saturated rings. The van der Waals surface area contributed by atoms with E-state index in [1.807, 2.05) is 0 Å². The molecular formula is C8H4Cl2N2O. The maximum Gasteiger partial charge on any atom is 0.323 e. The summed E-state index contributed by atoms with van der Waals surface area (Å²) in [6, 6.07) is 4.58. The number of rotatable bonds is 1. The van der Waals surface area contributed by atoms with Crippen molar-refractivity contribution < 1.29 is 5.21 Å². The molecule has 0 unspecified atom stereocenters. The van der Waals surface area contributed by atoms with E-state index < -0.39 is 0 Å². The lowest BCUT2D eigenvalue weighted by Crippen LogP contribution is -1.94. The van der Waals surface area contributed by atoms with Crippen molar-refractivity contribution in [2.24, 2.45) is 5.16 Å². The van der Waals surface area contributed by atoms with Gasteiger partial charge in [-0.3, -0.25) is 0 Å². The molecule has 0 aliphatic rings. The van der Waals surface area contributed by atoms with Crippen LogP contribution in [0.3, 0.4) is 0 Å². The number of amidine groups is 1. The molecule has 1 aromatic rings. The van der Waals surface area contributed by atoms with Crippen LogP contribution in [-0.2, 0) is 0 Å². The zero-order valence-corrected chi connectivity index (χ0v) is 7.84. The molecule has 66 valence electrons. The molecule has 0 atom stereocenters. The second kappa shape index (κ2) is 4.13. The third kappa shape index (κ3) is 2.11. The normalized spacial score (nSPS) is 11.0. The molecule has 3 nitrogen and oxygen atoms in total. The maximum absolute atomic E-state index is 8.46. The molecule has 0 spiro atoms. The van der Waals surface area contributed by atoms with Gasteiger partial charge in [-0.2, -0.15) is 0 Å². The van der Waals surface area contributed by atoms with Crippen LogP contribution in [0.25, 0.3) is 4.85 Å². The average Bonchev–Trinajstić information content (AvgIpc) is 2.10. The van der Waals surface area contributed by atoms with Gasteiger partial charge in [0.1, 0.15) is 0 Å². The van der Waals surface area contributed by atoms with Crippen molar-refractivity contribution in [2.75, 3.05) is 0 Å². The second-order valence-corrected chi connectivity index (χ2v) is 3.00. The lowest BCUT2D eigenvalue weighted by atomic mass is 10.2. The van der Waals surface area contributed by atoms with Crippen molar-refractivity contribution in [3.05, 3.63) is 45.2 Å². The molecule has 1 rings (SSSR count). The summed E-state index contributed by atoms with van der Waals surface area (Å²) in [5, 5.41) is 12.0. The van der Waals surface area contributed by atoms with E-state index in [4.69, 9.17) is 35.0 Å². The van der Waals surface area contributed by atoms with E-state index in [-0.39, 0.29) is 10.9 Å². The molecule has 0 radical (unpaired) electrons. The van der Waals surface area contributed by atoms with Crippen LogP contribution < -0.4 is 0 Å². The lowest BCUT2D eigenvalue weighted by Gasteiger charge is -1.99. The van der Waals surface area contributed by atoms with Crippen molar-refractivity contribution in [1.82, 2.24) is 0 Å². The third-order valence-corrected chi connectivity index (χ3v) is 1.92. The highest BCUT2D eigenvalue weighted by Gasteiger charge is 2.08. The van der Waals surface area contributed by atoms with E-state index in [0.29, 0.717) is 10.6 Å². The average molecular weight is 215 g/mol. The fraction of sp³-hybridized carbons (Fsp3) is 0. The molecule has 0 saturated heterocycles. The van der Waals surface area contributed by atoms with E-state index in [1.54, 1.807) is 6.07 Å². The van der Waals surface area contributed by atoms with Crippen molar-refractivity contribution in [3.63, 3.8) is 0 Å². The molecule has 1 aromatic carbocycles. The molecule has 0 amide bonds. The molecule has 0 aromatic heterocycles. The smallest absolute Gasteiger partial charge is 0.323 e. The van der Waals surface area contributed by atoms with Gasteiger partial charge in [0, 0.05) is 15.6 Å². The predicted octanol–water partition coefficient (Wildman–Crippen LogP) is 3.05. The zero-order chi connectivity index (χ0) is 9.84. The van der Waals surface area contributed by atoms with Crippen molar-refractivity contribution in [2.45, 2.75) is 0 Å². The van der Waals surface area contributed by atoms with Gasteiger partial charge in [0.25, 0.3) is 0 Å². The number of oxime groups is 1. The number of hydrogen-bond donors (Lipinski definition) is 1. The molecule has 0 heterocycles. The number of hydrogen-bond acceptors (Lipinski definition) is 2. The molecular weight excluding hydrogens is 211 g/mol. The highest BCUT2D eigenvalue weighted by Crippen LogP contribution is 2.21. The standard InChI is InChI=1S/C8H4Cl2N2O/c1-11-8(12-13)6-3-2-5(9)4-7(6)10/h2-4,13H/b12-8-. The van der Waals surface area contributed by atoms with E-state index >= 15 is 0 Å². The molecule has 1 N–H and O–H groups in total. The number of benzene rings is 1. The highest BCUT2D eigenvalue weighted by atomic mass is 35.5. The first-order valence-electron chi connectivity index (χ1n) is 3.24. The summed E-state index contributed by atoms with van der Waals surface area (Å²) in [5.74, 6) is -0.151. The quantitative estimate of drug-likeness (QED) is 0.252. The number of nitrogens with zero attached hydrogens (tertiary/aromatic N) is 2. The minimum Gasteiger partial charge on any atom is -0.357 e. The zero-order valence-electron chi connectivity index (χ0n) is 6.33. The van der Waals surface area contributed by atoms with Gasteiger partial charge in [-0.1, -0.05) is 35.8 Å². The van der Waals surface area contributed by atoms with Crippen LogP contribution in [-0.4, -0.2) is 11.0 Å². The van der Waals surface area contributed by atoms with Crippen LogP contribution in [0.4, 0.5) is 0 Å². The lowest BCUT2D eigenvalue weighted by molar-refractivity contribution is 0.320. The van der Waals surface area contributed by atoms with Gasteiger partial charge in [0.15, 0.2) is 0 Å². The molecule has 0 aliphatic heterocycles. The van der Waals surface area contributed by atoms with Crippen LogP contribution in [0, 0.1) is 6.57 Å². The molecule has 13 heavy (non-hydrogen) atoms. The van der Waals surface area contributed by atoms with Gasteiger partial charge in [-0.25, -0.2) is 0 Å². The van der Waals surface area contributed by atoms with E-state index in [0.717, 1.165) is 0 Å². The third-order valence-electron chi connectivity index (χ3n) is 1.37. The molecule has 0 saturated carbocycles. The Morgan fingerprint density at radius 2 is 2.15 bits per heavy atom. The predicted molar refractivity (Wildman–Crippen MR) is 51.4 cm³/mol. The summed E-state index contributed by atoms with van der Waals surface area (Å²) < 4.78 is 0. The Labute approximate surface area is 85.0 Å². The first-order valence-corrected chi connectivity index (χ1v) is 3.99. The van der Waals surface area contributed by atoms with Crippen LogP contribution in [0.1, 0.15) is 5.56 Å². The first kappa shape index (κ1) is 9.85. The van der Waals surface area contributed by atoms with Crippen molar-refractivity contribution in [1.29, 1.82) is 0 Å². The van der Waals surface area contributed by atoms with Crippen molar-refractivity contribution >= 4 is 29.0 Å². The first-order chi connectivity index (χ1) is 6.19. The van der Waals surface area contributed by atoms with Gasteiger partial charge in [-0.15, -0.1) is 0 Å². The summed E-state index contributed by atoms with van der Waals surface area (Å²) in [5.41, 5.74) is 0.364. The van der Waals surface area contributed by atoms with E-state index in [1.165, 1.54) is 12.1 Å². The largest absolute Gasteiger partial charge is 0.357 e. The van der Waals surface area contributed by atoms with Gasteiger partial charge in [-0.05, 0) is 12.1 Å². The van der Waals surface area contributed by atoms with E-state index in [9.17, 15) is 0 Å². The van der Waals surface area contributed by atoms with Crippen LogP contribution in [0.5, 0.6) is 0 Å². The van der Waals surface area contributed by atoms with Gasteiger partial charge >= 0.3 is 5.84 Å².